The van der Waals surface area contributed by atoms with Gasteiger partial charge in [-0.3, -0.25) is 0 Å². The van der Waals surface area contributed by atoms with Gasteiger partial charge >= 0.3 is 0 Å². The fraction of sp³-hybridized carbons (Fsp3) is 0.200. The van der Waals surface area contributed by atoms with Crippen LogP contribution in [0.25, 0.3) is 5.69 Å². The van der Waals surface area contributed by atoms with E-state index in [1.165, 1.54) is 16.8 Å². The summed E-state index contributed by atoms with van der Waals surface area (Å²) in [5, 5.41) is 7.57. The second-order valence-electron chi connectivity index (χ2n) is 3.30. The van der Waals surface area contributed by atoms with E-state index in [2.05, 4.69) is 26.2 Å². The van der Waals surface area contributed by atoms with Crippen LogP contribution in [0, 0.1) is 5.82 Å². The third kappa shape index (κ3) is 2.25. The summed E-state index contributed by atoms with van der Waals surface area (Å²) >= 11 is 9.20. The average molecular weight is 305 g/mol. The van der Waals surface area contributed by atoms with Crippen molar-refractivity contribution in [2.75, 3.05) is 0 Å². The molecule has 84 valence electrons. The molecule has 0 saturated heterocycles. The van der Waals surface area contributed by atoms with E-state index in [1.807, 2.05) is 0 Å². The zero-order valence-electron chi connectivity index (χ0n) is 8.36. The quantitative estimate of drug-likeness (QED) is 0.795. The molecule has 0 amide bonds. The highest BCUT2D eigenvalue weighted by Gasteiger charge is 2.10. The molecule has 0 aliphatic carbocycles. The lowest BCUT2D eigenvalue weighted by atomic mass is 10.3. The summed E-state index contributed by atoms with van der Waals surface area (Å²) in [6.45, 7) is 1.80. The van der Waals surface area contributed by atoms with Crippen LogP contribution in [-0.4, -0.2) is 15.0 Å². The summed E-state index contributed by atoms with van der Waals surface area (Å²) in [6, 6.07) is 4.37. The van der Waals surface area contributed by atoms with Crippen LogP contribution >= 0.6 is 27.5 Å². The first-order chi connectivity index (χ1) is 7.58. The Morgan fingerprint density at radius 2 is 2.25 bits per heavy atom. The molecule has 0 fully saturated rings. The zero-order chi connectivity index (χ0) is 11.7. The second-order valence-corrected chi connectivity index (χ2v) is 4.81. The minimum absolute atomic E-state index is 0.221. The minimum Gasteiger partial charge on any atom is -0.219 e. The number of alkyl halides is 1. The number of rotatable bonds is 2. The summed E-state index contributed by atoms with van der Waals surface area (Å²) in [6.07, 6.45) is 1.68. The molecular weight excluding hydrogens is 296 g/mol. The van der Waals surface area contributed by atoms with Crippen LogP contribution < -0.4 is 0 Å². The van der Waals surface area contributed by atoms with Crippen molar-refractivity contribution in [3.8, 4) is 5.69 Å². The van der Waals surface area contributed by atoms with Gasteiger partial charge in [-0.1, -0.05) is 5.21 Å². The van der Waals surface area contributed by atoms with Gasteiger partial charge in [-0.2, -0.15) is 0 Å². The Hall–Kier alpha value is -0.940. The van der Waals surface area contributed by atoms with Crippen molar-refractivity contribution in [3.05, 3.63) is 40.4 Å². The Bertz CT molecular complexity index is 513. The standard InChI is InChI=1S/C10H8BrClFN3/c1-6(12)9-5-16(15-14-9)10-4-7(13)2-3-8(10)11/h2-6H,1H3. The molecule has 16 heavy (non-hydrogen) atoms. The highest BCUT2D eigenvalue weighted by molar-refractivity contribution is 9.10. The van der Waals surface area contributed by atoms with Crippen molar-refractivity contribution >= 4 is 27.5 Å². The van der Waals surface area contributed by atoms with Gasteiger partial charge in [0.25, 0.3) is 0 Å². The van der Waals surface area contributed by atoms with Crippen molar-refractivity contribution in [1.29, 1.82) is 0 Å². The van der Waals surface area contributed by atoms with Crippen LogP contribution in [0.5, 0.6) is 0 Å². The van der Waals surface area contributed by atoms with Crippen LogP contribution in [0.3, 0.4) is 0 Å². The molecule has 0 aliphatic heterocycles. The summed E-state index contributed by atoms with van der Waals surface area (Å²) in [5.74, 6) is -0.325. The molecule has 0 saturated carbocycles. The van der Waals surface area contributed by atoms with Crippen LogP contribution in [-0.2, 0) is 0 Å². The number of halogens is 3. The normalized spacial score (nSPS) is 12.8. The summed E-state index contributed by atoms with van der Waals surface area (Å²) in [4.78, 5) is 0. The highest BCUT2D eigenvalue weighted by atomic mass is 79.9. The molecule has 2 rings (SSSR count). The molecule has 0 N–H and O–H groups in total. The Morgan fingerprint density at radius 1 is 1.50 bits per heavy atom. The van der Waals surface area contributed by atoms with Crippen LogP contribution in [0.2, 0.25) is 0 Å². The first kappa shape index (κ1) is 11.5. The molecular formula is C10H8BrClFN3. The van der Waals surface area contributed by atoms with Gasteiger partial charge in [-0.15, -0.1) is 16.7 Å². The fourth-order valence-corrected chi connectivity index (χ4v) is 1.77. The molecule has 6 heteroatoms. The Kier molecular flexibility index (Phi) is 3.25. The maximum atomic E-state index is 13.1. The number of hydrogen-bond donors (Lipinski definition) is 0. The molecule has 1 heterocycles. The average Bonchev–Trinajstić information content (AvgIpc) is 2.70. The molecule has 1 atom stereocenters. The Balaban J connectivity index is 2.46. The SMILES string of the molecule is CC(Cl)c1cn(-c2cc(F)ccc2Br)nn1. The Morgan fingerprint density at radius 3 is 2.88 bits per heavy atom. The molecule has 0 radical (unpaired) electrons. The first-order valence-corrected chi connectivity index (χ1v) is 5.82. The maximum absolute atomic E-state index is 13.1. The maximum Gasteiger partial charge on any atom is 0.125 e. The van der Waals surface area contributed by atoms with Crippen molar-refractivity contribution in [2.24, 2.45) is 0 Å². The van der Waals surface area contributed by atoms with E-state index in [1.54, 1.807) is 19.2 Å². The number of aromatic nitrogens is 3. The van der Waals surface area contributed by atoms with Gasteiger partial charge in [0.15, 0.2) is 0 Å². The topological polar surface area (TPSA) is 30.7 Å². The highest BCUT2D eigenvalue weighted by Crippen LogP contribution is 2.23. The van der Waals surface area contributed by atoms with Gasteiger partial charge in [-0.25, -0.2) is 9.07 Å². The fourth-order valence-electron chi connectivity index (χ4n) is 1.24. The van der Waals surface area contributed by atoms with E-state index in [0.717, 1.165) is 4.47 Å². The lowest BCUT2D eigenvalue weighted by Gasteiger charge is -2.02. The molecule has 0 spiro atoms. The predicted molar refractivity (Wildman–Crippen MR) is 63.3 cm³/mol. The second kappa shape index (κ2) is 4.51. The lowest BCUT2D eigenvalue weighted by molar-refractivity contribution is 0.624. The molecule has 1 unspecified atom stereocenters. The monoisotopic (exact) mass is 303 g/mol. The van der Waals surface area contributed by atoms with Crippen LogP contribution in [0.15, 0.2) is 28.9 Å². The van der Waals surface area contributed by atoms with E-state index >= 15 is 0 Å². The first-order valence-electron chi connectivity index (χ1n) is 4.59. The lowest BCUT2D eigenvalue weighted by Crippen LogP contribution is -1.96. The van der Waals surface area contributed by atoms with Crippen molar-refractivity contribution in [1.82, 2.24) is 15.0 Å². The predicted octanol–water partition coefficient (Wildman–Crippen LogP) is 3.47. The smallest absolute Gasteiger partial charge is 0.125 e. The third-order valence-corrected chi connectivity index (χ3v) is 2.97. The number of hydrogen-bond acceptors (Lipinski definition) is 2. The largest absolute Gasteiger partial charge is 0.219 e. The van der Waals surface area contributed by atoms with Crippen molar-refractivity contribution in [3.63, 3.8) is 0 Å². The molecule has 1 aromatic heterocycles. The van der Waals surface area contributed by atoms with Gasteiger partial charge in [0.1, 0.15) is 11.5 Å². The third-order valence-electron chi connectivity index (χ3n) is 2.07. The molecule has 2 aromatic rings. The van der Waals surface area contributed by atoms with E-state index < -0.39 is 0 Å². The van der Waals surface area contributed by atoms with E-state index in [0.29, 0.717) is 11.4 Å². The van der Waals surface area contributed by atoms with Gasteiger partial charge in [-0.05, 0) is 35.0 Å². The Labute approximate surface area is 105 Å². The van der Waals surface area contributed by atoms with E-state index in [-0.39, 0.29) is 11.2 Å². The van der Waals surface area contributed by atoms with Crippen LogP contribution in [0.1, 0.15) is 18.0 Å². The minimum atomic E-state index is -0.325. The van der Waals surface area contributed by atoms with Gasteiger partial charge in [0, 0.05) is 10.5 Å². The van der Waals surface area contributed by atoms with E-state index in [4.69, 9.17) is 11.6 Å². The number of nitrogens with zero attached hydrogens (tertiary/aromatic N) is 3. The molecule has 3 nitrogen and oxygen atoms in total. The molecule has 0 aliphatic rings. The van der Waals surface area contributed by atoms with Crippen LogP contribution in [0.4, 0.5) is 4.39 Å². The number of benzene rings is 1. The molecule has 1 aromatic carbocycles. The van der Waals surface area contributed by atoms with Crippen molar-refractivity contribution < 1.29 is 4.39 Å². The summed E-state index contributed by atoms with van der Waals surface area (Å²) < 4.78 is 15.3. The van der Waals surface area contributed by atoms with E-state index in [9.17, 15) is 4.39 Å². The van der Waals surface area contributed by atoms with Gasteiger partial charge < -0.3 is 0 Å². The van der Waals surface area contributed by atoms with Gasteiger partial charge in [0.05, 0.1) is 17.3 Å². The zero-order valence-corrected chi connectivity index (χ0v) is 10.7. The van der Waals surface area contributed by atoms with Gasteiger partial charge in [0.2, 0.25) is 0 Å². The molecule has 0 bridgehead atoms. The van der Waals surface area contributed by atoms with Crippen molar-refractivity contribution in [2.45, 2.75) is 12.3 Å². The summed E-state index contributed by atoms with van der Waals surface area (Å²) in [7, 11) is 0. The summed E-state index contributed by atoms with van der Waals surface area (Å²) in [5.41, 5.74) is 1.24.